The summed E-state index contributed by atoms with van der Waals surface area (Å²) in [4.78, 5) is 19.0. The average Bonchev–Trinajstić information content (AvgIpc) is 2.61. The van der Waals surface area contributed by atoms with Gasteiger partial charge in [0.2, 0.25) is 0 Å². The van der Waals surface area contributed by atoms with E-state index in [0.29, 0.717) is 12.3 Å². The van der Waals surface area contributed by atoms with Crippen molar-refractivity contribution in [3.63, 3.8) is 0 Å². The Morgan fingerprint density at radius 1 is 1.25 bits per heavy atom. The largest absolute Gasteiger partial charge is 0.489 e. The Bertz CT molecular complexity index is 844. The van der Waals surface area contributed by atoms with E-state index in [-0.39, 0.29) is 29.4 Å². The standard InChI is InChI=1S/C19H24F2N4O3/c1-11(2)8-19(3,22)9-28-16-6-13(20)12(5-14(16)21)15-7-17(24-10-23-15)25-18(26)27-4/h5-7,10-11H,8-9,22H2,1-4H3,(H,23,24,25,26). The number of nitrogens with zero attached hydrogens (tertiary/aromatic N) is 2. The van der Waals surface area contributed by atoms with Gasteiger partial charge >= 0.3 is 6.09 Å². The Labute approximate surface area is 162 Å². The van der Waals surface area contributed by atoms with Crippen LogP contribution in [-0.4, -0.2) is 35.3 Å². The molecule has 3 N–H and O–H groups in total. The zero-order chi connectivity index (χ0) is 20.9. The van der Waals surface area contributed by atoms with Crippen molar-refractivity contribution in [3.8, 4) is 17.0 Å². The highest BCUT2D eigenvalue weighted by molar-refractivity contribution is 5.83. The zero-order valence-corrected chi connectivity index (χ0v) is 16.3. The van der Waals surface area contributed by atoms with Crippen LogP contribution in [0, 0.1) is 17.6 Å². The molecule has 1 unspecified atom stereocenters. The third-order valence-electron chi connectivity index (χ3n) is 3.81. The summed E-state index contributed by atoms with van der Waals surface area (Å²) in [7, 11) is 1.19. The highest BCUT2D eigenvalue weighted by atomic mass is 19.1. The molecule has 0 fully saturated rings. The van der Waals surface area contributed by atoms with Gasteiger partial charge in [0, 0.05) is 23.2 Å². The van der Waals surface area contributed by atoms with Crippen molar-refractivity contribution < 1.29 is 23.0 Å². The summed E-state index contributed by atoms with van der Waals surface area (Å²) in [5.41, 5.74) is 5.46. The van der Waals surface area contributed by atoms with E-state index in [4.69, 9.17) is 10.5 Å². The van der Waals surface area contributed by atoms with Crippen LogP contribution in [0.3, 0.4) is 0 Å². The first-order valence-corrected chi connectivity index (χ1v) is 8.69. The number of hydrogen-bond donors (Lipinski definition) is 2. The zero-order valence-electron chi connectivity index (χ0n) is 16.3. The number of ether oxygens (including phenoxy) is 2. The molecule has 0 aliphatic rings. The predicted molar refractivity (Wildman–Crippen MR) is 101 cm³/mol. The van der Waals surface area contributed by atoms with Crippen molar-refractivity contribution in [2.24, 2.45) is 11.7 Å². The van der Waals surface area contributed by atoms with E-state index in [0.717, 1.165) is 18.5 Å². The molecule has 1 heterocycles. The van der Waals surface area contributed by atoms with Gasteiger partial charge in [0.05, 0.1) is 12.8 Å². The van der Waals surface area contributed by atoms with Gasteiger partial charge in [0.25, 0.3) is 0 Å². The molecule has 0 bridgehead atoms. The molecule has 1 aromatic heterocycles. The molecule has 0 aliphatic carbocycles. The van der Waals surface area contributed by atoms with E-state index in [1.165, 1.54) is 13.2 Å². The van der Waals surface area contributed by atoms with Crippen LogP contribution in [0.1, 0.15) is 27.2 Å². The van der Waals surface area contributed by atoms with Crippen LogP contribution in [-0.2, 0) is 4.74 Å². The highest BCUT2D eigenvalue weighted by Crippen LogP contribution is 2.29. The maximum atomic E-state index is 14.6. The number of amides is 1. The first-order valence-electron chi connectivity index (χ1n) is 8.69. The van der Waals surface area contributed by atoms with Gasteiger partial charge in [-0.2, -0.15) is 0 Å². The first kappa shape index (κ1) is 21.5. The number of methoxy groups -OCH3 is 1. The molecular formula is C19H24F2N4O3. The minimum absolute atomic E-state index is 0.0432. The molecule has 2 aromatic rings. The fourth-order valence-electron chi connectivity index (χ4n) is 2.80. The molecule has 0 aliphatic heterocycles. The number of nitrogens with two attached hydrogens (primary N) is 1. The number of rotatable bonds is 7. The van der Waals surface area contributed by atoms with Gasteiger partial charge in [-0.05, 0) is 25.3 Å². The van der Waals surface area contributed by atoms with Gasteiger partial charge in [-0.3, -0.25) is 5.32 Å². The smallest absolute Gasteiger partial charge is 0.412 e. The fraction of sp³-hybridized carbons (Fsp3) is 0.421. The van der Waals surface area contributed by atoms with Crippen LogP contribution in [0.4, 0.5) is 19.4 Å². The Morgan fingerprint density at radius 3 is 2.61 bits per heavy atom. The summed E-state index contributed by atoms with van der Waals surface area (Å²) in [5.74, 6) is -1.29. The molecule has 1 amide bonds. The van der Waals surface area contributed by atoms with Gasteiger partial charge in [-0.25, -0.2) is 23.5 Å². The second-order valence-electron chi connectivity index (χ2n) is 7.21. The van der Waals surface area contributed by atoms with Crippen molar-refractivity contribution in [3.05, 3.63) is 36.2 Å². The van der Waals surface area contributed by atoms with Crippen LogP contribution in [0.2, 0.25) is 0 Å². The summed E-state index contributed by atoms with van der Waals surface area (Å²) in [6.07, 6.45) is 1.05. The molecule has 0 radical (unpaired) electrons. The molecule has 28 heavy (non-hydrogen) atoms. The van der Waals surface area contributed by atoms with E-state index in [1.54, 1.807) is 6.92 Å². The van der Waals surface area contributed by atoms with Gasteiger partial charge < -0.3 is 15.2 Å². The van der Waals surface area contributed by atoms with Crippen molar-refractivity contribution in [1.82, 2.24) is 9.97 Å². The Morgan fingerprint density at radius 2 is 1.96 bits per heavy atom. The topological polar surface area (TPSA) is 99.4 Å². The minimum Gasteiger partial charge on any atom is -0.489 e. The SMILES string of the molecule is COC(=O)Nc1cc(-c2cc(F)c(OCC(C)(N)CC(C)C)cc2F)ncn1. The number of aromatic nitrogens is 2. The molecule has 0 saturated heterocycles. The van der Waals surface area contributed by atoms with Crippen LogP contribution in [0.5, 0.6) is 5.75 Å². The number of nitrogens with one attached hydrogen (secondary N) is 1. The molecule has 0 saturated carbocycles. The third-order valence-corrected chi connectivity index (χ3v) is 3.81. The number of benzene rings is 1. The van der Waals surface area contributed by atoms with Crippen molar-refractivity contribution >= 4 is 11.9 Å². The van der Waals surface area contributed by atoms with E-state index in [9.17, 15) is 13.6 Å². The summed E-state index contributed by atoms with van der Waals surface area (Å²) >= 11 is 0. The predicted octanol–water partition coefficient (Wildman–Crippen LogP) is 3.74. The highest BCUT2D eigenvalue weighted by Gasteiger charge is 2.22. The number of halogens is 2. The van der Waals surface area contributed by atoms with Gasteiger partial charge in [0.15, 0.2) is 11.6 Å². The summed E-state index contributed by atoms with van der Waals surface area (Å²) in [6.45, 7) is 5.88. The van der Waals surface area contributed by atoms with Gasteiger partial charge in [-0.15, -0.1) is 0 Å². The Kier molecular flexibility index (Phi) is 6.85. The maximum Gasteiger partial charge on any atom is 0.412 e. The lowest BCUT2D eigenvalue weighted by Gasteiger charge is -2.26. The summed E-state index contributed by atoms with van der Waals surface area (Å²) in [6, 6.07) is 3.23. The molecular weight excluding hydrogens is 370 g/mol. The van der Waals surface area contributed by atoms with Crippen LogP contribution >= 0.6 is 0 Å². The first-order chi connectivity index (χ1) is 13.1. The van der Waals surface area contributed by atoms with Crippen molar-refractivity contribution in [2.75, 3.05) is 19.0 Å². The van der Waals surface area contributed by atoms with Gasteiger partial charge in [-0.1, -0.05) is 13.8 Å². The van der Waals surface area contributed by atoms with Crippen LogP contribution in [0.25, 0.3) is 11.3 Å². The molecule has 1 atom stereocenters. The molecule has 0 spiro atoms. The molecule has 1 aromatic carbocycles. The molecule has 152 valence electrons. The fourth-order valence-corrected chi connectivity index (χ4v) is 2.80. The number of hydrogen-bond acceptors (Lipinski definition) is 6. The quantitative estimate of drug-likeness (QED) is 0.742. The minimum atomic E-state index is -0.752. The normalized spacial score (nSPS) is 13.1. The summed E-state index contributed by atoms with van der Waals surface area (Å²) < 4.78 is 38.9. The Hall–Kier alpha value is -2.81. The lowest BCUT2D eigenvalue weighted by atomic mass is 9.93. The van der Waals surface area contributed by atoms with E-state index >= 15 is 0 Å². The monoisotopic (exact) mass is 394 g/mol. The average molecular weight is 394 g/mol. The van der Waals surface area contributed by atoms with Gasteiger partial charge in [0.1, 0.15) is 24.6 Å². The Balaban J connectivity index is 2.22. The van der Waals surface area contributed by atoms with Crippen molar-refractivity contribution in [2.45, 2.75) is 32.7 Å². The second kappa shape index (κ2) is 8.92. The lowest BCUT2D eigenvalue weighted by Crippen LogP contribution is -2.43. The van der Waals surface area contributed by atoms with Crippen LogP contribution in [0.15, 0.2) is 24.5 Å². The third kappa shape index (κ3) is 5.85. The number of carbonyl (C=O) groups is 1. The van der Waals surface area contributed by atoms with E-state index in [2.05, 4.69) is 20.0 Å². The second-order valence-corrected chi connectivity index (χ2v) is 7.21. The van der Waals surface area contributed by atoms with E-state index in [1.807, 2.05) is 13.8 Å². The van der Waals surface area contributed by atoms with Crippen molar-refractivity contribution in [1.29, 1.82) is 0 Å². The number of carbonyl (C=O) groups excluding carboxylic acids is 1. The lowest BCUT2D eigenvalue weighted by molar-refractivity contribution is 0.187. The summed E-state index contributed by atoms with van der Waals surface area (Å²) in [5, 5.41) is 2.33. The molecule has 7 nitrogen and oxygen atoms in total. The molecule has 9 heteroatoms. The van der Waals surface area contributed by atoms with Crippen LogP contribution < -0.4 is 15.8 Å². The maximum absolute atomic E-state index is 14.6. The van der Waals surface area contributed by atoms with E-state index < -0.39 is 23.3 Å². The number of anilines is 1. The molecule has 2 rings (SSSR count).